The number of carbonyl (C=O) groups excluding carboxylic acids is 2. The molecule has 2 aromatic rings. The number of amides is 2. The largest absolute Gasteiger partial charge is 0.329 e. The molecule has 0 unspecified atom stereocenters. The molecule has 0 fully saturated rings. The van der Waals surface area contributed by atoms with Crippen molar-refractivity contribution in [1.82, 2.24) is 5.43 Å². The maximum Gasteiger partial charge on any atom is 0.329 e. The lowest BCUT2D eigenvalue weighted by Gasteiger charge is -2.05. The van der Waals surface area contributed by atoms with Crippen LogP contribution in [0.4, 0.5) is 5.69 Å². The summed E-state index contributed by atoms with van der Waals surface area (Å²) in [6.07, 6.45) is 0.287. The third-order valence-corrected chi connectivity index (χ3v) is 4.30. The Kier molecular flexibility index (Phi) is 6.07. The molecule has 0 saturated carbocycles. The van der Waals surface area contributed by atoms with Crippen molar-refractivity contribution in [1.29, 1.82) is 5.26 Å². The Morgan fingerprint density at radius 1 is 1.21 bits per heavy atom. The predicted molar refractivity (Wildman–Crippen MR) is 94.1 cm³/mol. The average Bonchev–Trinajstić information content (AvgIpc) is 3.01. The summed E-state index contributed by atoms with van der Waals surface area (Å²) in [6, 6.07) is 12.2. The fraction of sp³-hybridized carbons (Fsp3) is 0.125. The van der Waals surface area contributed by atoms with Gasteiger partial charge in [-0.3, -0.25) is 9.59 Å². The van der Waals surface area contributed by atoms with Gasteiger partial charge in [-0.2, -0.15) is 10.4 Å². The summed E-state index contributed by atoms with van der Waals surface area (Å²) in [5.41, 5.74) is 4.04. The average molecular weight is 361 g/mol. The zero-order valence-electron chi connectivity index (χ0n) is 12.7. The zero-order chi connectivity index (χ0) is 17.5. The van der Waals surface area contributed by atoms with Crippen molar-refractivity contribution >= 4 is 46.2 Å². The topological polar surface area (TPSA) is 94.3 Å². The summed E-state index contributed by atoms with van der Waals surface area (Å²) in [7, 11) is 0. The van der Waals surface area contributed by atoms with E-state index in [1.807, 2.05) is 6.07 Å². The van der Waals surface area contributed by atoms with E-state index in [2.05, 4.69) is 15.8 Å². The molecule has 1 aromatic carbocycles. The van der Waals surface area contributed by atoms with E-state index in [9.17, 15) is 9.59 Å². The van der Waals surface area contributed by atoms with E-state index in [0.29, 0.717) is 15.7 Å². The third kappa shape index (κ3) is 4.91. The highest BCUT2D eigenvalue weighted by molar-refractivity contribution is 7.18. The van der Waals surface area contributed by atoms with Gasteiger partial charge in [0.15, 0.2) is 0 Å². The van der Waals surface area contributed by atoms with Gasteiger partial charge in [-0.1, -0.05) is 23.7 Å². The summed E-state index contributed by atoms with van der Waals surface area (Å²) >= 11 is 7.16. The Balaban J connectivity index is 1.92. The Morgan fingerprint density at radius 2 is 1.92 bits per heavy atom. The van der Waals surface area contributed by atoms with Crippen LogP contribution in [0.3, 0.4) is 0 Å². The van der Waals surface area contributed by atoms with Crippen LogP contribution in [0, 0.1) is 11.3 Å². The molecule has 0 bridgehead atoms. The summed E-state index contributed by atoms with van der Waals surface area (Å²) in [5.74, 6) is -1.71. The first-order valence-corrected chi connectivity index (χ1v) is 8.06. The maximum absolute atomic E-state index is 11.8. The molecule has 122 valence electrons. The van der Waals surface area contributed by atoms with Gasteiger partial charge in [-0.25, -0.2) is 5.43 Å². The number of hydrazone groups is 1. The van der Waals surface area contributed by atoms with E-state index < -0.39 is 11.8 Å². The standard InChI is InChI=1S/C16H13ClN4O2S/c1-10(13-6-7-14(17)24-13)20-21-16(23)15(22)19-12-4-2-11(3-5-12)8-9-18/h2-7H,8H2,1H3,(H,19,22)(H,21,23)/b20-10+. The first-order valence-electron chi connectivity index (χ1n) is 6.87. The number of nitriles is 1. The molecular weight excluding hydrogens is 348 g/mol. The minimum Gasteiger partial charge on any atom is -0.318 e. The zero-order valence-corrected chi connectivity index (χ0v) is 14.2. The van der Waals surface area contributed by atoms with E-state index in [4.69, 9.17) is 16.9 Å². The van der Waals surface area contributed by atoms with Crippen molar-refractivity contribution in [3.63, 3.8) is 0 Å². The second-order valence-corrected chi connectivity index (χ2v) is 6.44. The number of carbonyl (C=O) groups is 2. The van der Waals surface area contributed by atoms with Crippen molar-refractivity contribution in [3.05, 3.63) is 51.2 Å². The summed E-state index contributed by atoms with van der Waals surface area (Å²) in [6.45, 7) is 1.70. The van der Waals surface area contributed by atoms with Gasteiger partial charge in [0.05, 0.1) is 27.4 Å². The second-order valence-electron chi connectivity index (χ2n) is 4.73. The number of thiophene rings is 1. The lowest BCUT2D eigenvalue weighted by molar-refractivity contribution is -0.136. The molecule has 0 aliphatic rings. The number of benzene rings is 1. The molecule has 0 spiro atoms. The molecule has 2 rings (SSSR count). The second kappa shape index (κ2) is 8.24. The number of hydrogen-bond acceptors (Lipinski definition) is 5. The fourth-order valence-corrected chi connectivity index (χ4v) is 2.72. The van der Waals surface area contributed by atoms with Gasteiger partial charge < -0.3 is 5.32 Å². The molecule has 1 aromatic heterocycles. The molecule has 24 heavy (non-hydrogen) atoms. The van der Waals surface area contributed by atoms with E-state index >= 15 is 0 Å². The van der Waals surface area contributed by atoms with Gasteiger partial charge >= 0.3 is 11.8 Å². The van der Waals surface area contributed by atoms with E-state index in [1.54, 1.807) is 43.3 Å². The number of halogens is 1. The molecule has 0 atom stereocenters. The first-order chi connectivity index (χ1) is 11.5. The van der Waals surface area contributed by atoms with E-state index in [0.717, 1.165) is 10.4 Å². The molecule has 6 nitrogen and oxygen atoms in total. The van der Waals surface area contributed by atoms with Crippen molar-refractivity contribution in [2.45, 2.75) is 13.3 Å². The highest BCUT2D eigenvalue weighted by Gasteiger charge is 2.13. The highest BCUT2D eigenvalue weighted by Crippen LogP contribution is 2.21. The van der Waals surface area contributed by atoms with Crippen LogP contribution < -0.4 is 10.7 Å². The molecule has 0 aliphatic carbocycles. The highest BCUT2D eigenvalue weighted by atomic mass is 35.5. The SMILES string of the molecule is C/C(=N\NC(=O)C(=O)Nc1ccc(CC#N)cc1)c1ccc(Cl)s1. The van der Waals surface area contributed by atoms with Crippen molar-refractivity contribution in [2.24, 2.45) is 5.10 Å². The van der Waals surface area contributed by atoms with Crippen LogP contribution in [0.25, 0.3) is 0 Å². The Labute approximate surface area is 147 Å². The third-order valence-electron chi connectivity index (χ3n) is 2.96. The number of anilines is 1. The normalized spacial score (nSPS) is 10.8. The number of nitrogens with one attached hydrogen (secondary N) is 2. The molecule has 1 heterocycles. The summed E-state index contributed by atoms with van der Waals surface area (Å²) in [5, 5.41) is 14.9. The Hall–Kier alpha value is -2.69. The summed E-state index contributed by atoms with van der Waals surface area (Å²) in [4.78, 5) is 24.4. The molecule has 0 aliphatic heterocycles. The smallest absolute Gasteiger partial charge is 0.318 e. The molecule has 0 radical (unpaired) electrons. The quantitative estimate of drug-likeness (QED) is 0.498. The van der Waals surface area contributed by atoms with Crippen LogP contribution >= 0.6 is 22.9 Å². The number of nitrogens with zero attached hydrogens (tertiary/aromatic N) is 2. The van der Waals surface area contributed by atoms with Crippen LogP contribution in [0.15, 0.2) is 41.5 Å². The van der Waals surface area contributed by atoms with Gasteiger partial charge in [-0.05, 0) is 36.8 Å². The van der Waals surface area contributed by atoms with Crippen LogP contribution in [-0.2, 0) is 16.0 Å². The minimum atomic E-state index is -0.877. The van der Waals surface area contributed by atoms with Gasteiger partial charge in [0, 0.05) is 5.69 Å². The maximum atomic E-state index is 11.8. The lowest BCUT2D eigenvalue weighted by Crippen LogP contribution is -2.32. The van der Waals surface area contributed by atoms with Crippen LogP contribution in [0.2, 0.25) is 4.34 Å². The molecule has 2 amide bonds. The van der Waals surface area contributed by atoms with Crippen molar-refractivity contribution < 1.29 is 9.59 Å². The van der Waals surface area contributed by atoms with Crippen molar-refractivity contribution in [2.75, 3.05) is 5.32 Å². The molecular formula is C16H13ClN4O2S. The van der Waals surface area contributed by atoms with Gasteiger partial charge in [0.25, 0.3) is 0 Å². The number of rotatable bonds is 4. The van der Waals surface area contributed by atoms with Gasteiger partial charge in [0.1, 0.15) is 0 Å². The summed E-state index contributed by atoms with van der Waals surface area (Å²) < 4.78 is 0.614. The minimum absolute atomic E-state index is 0.287. The lowest BCUT2D eigenvalue weighted by atomic mass is 10.1. The first kappa shape index (κ1) is 17.7. The molecule has 0 saturated heterocycles. The Morgan fingerprint density at radius 3 is 2.50 bits per heavy atom. The van der Waals surface area contributed by atoms with Crippen molar-refractivity contribution in [3.8, 4) is 6.07 Å². The molecule has 2 N–H and O–H groups in total. The van der Waals surface area contributed by atoms with Crippen LogP contribution in [0.1, 0.15) is 17.4 Å². The van der Waals surface area contributed by atoms with E-state index in [-0.39, 0.29) is 6.42 Å². The van der Waals surface area contributed by atoms with Gasteiger partial charge in [0.2, 0.25) is 0 Å². The predicted octanol–water partition coefficient (Wildman–Crippen LogP) is 2.95. The van der Waals surface area contributed by atoms with Crippen LogP contribution in [0.5, 0.6) is 0 Å². The number of hydrogen-bond donors (Lipinski definition) is 2. The van der Waals surface area contributed by atoms with Crippen LogP contribution in [-0.4, -0.2) is 17.5 Å². The monoisotopic (exact) mass is 360 g/mol. The van der Waals surface area contributed by atoms with Gasteiger partial charge in [-0.15, -0.1) is 11.3 Å². The molecule has 8 heteroatoms. The Bertz CT molecular complexity index is 821. The van der Waals surface area contributed by atoms with E-state index in [1.165, 1.54) is 11.3 Å². The fourth-order valence-electron chi connectivity index (χ4n) is 1.73.